The monoisotopic (exact) mass is 496 g/mol. The second-order valence-corrected chi connectivity index (χ2v) is 9.16. The van der Waals surface area contributed by atoms with Gasteiger partial charge in [-0.2, -0.15) is 4.37 Å². The quantitative estimate of drug-likeness (QED) is 0.553. The fourth-order valence-electron chi connectivity index (χ4n) is 3.52. The molecular weight excluding hydrogens is 466 g/mol. The van der Waals surface area contributed by atoms with Crippen molar-refractivity contribution in [2.24, 2.45) is 5.73 Å². The fourth-order valence-corrected chi connectivity index (χ4v) is 4.25. The van der Waals surface area contributed by atoms with Crippen molar-refractivity contribution < 1.29 is 23.1 Å². The summed E-state index contributed by atoms with van der Waals surface area (Å²) in [4.78, 5) is 30.8. The van der Waals surface area contributed by atoms with Crippen molar-refractivity contribution in [2.45, 2.75) is 20.0 Å². The molecule has 34 heavy (non-hydrogen) atoms. The normalized spacial score (nSPS) is 14.7. The Labute approximate surface area is 201 Å². The third-order valence-electron chi connectivity index (χ3n) is 5.73. The molecular formula is C22H30F2N6O3S. The zero-order chi connectivity index (χ0) is 24.8. The van der Waals surface area contributed by atoms with Gasteiger partial charge in [-0.15, -0.1) is 0 Å². The van der Waals surface area contributed by atoms with Crippen LogP contribution in [-0.4, -0.2) is 84.4 Å². The number of aryl methyl sites for hydroxylation is 1. The molecule has 1 aromatic carbocycles. The molecule has 3 N–H and O–H groups in total. The van der Waals surface area contributed by atoms with E-state index in [2.05, 4.69) is 26.5 Å². The zero-order valence-electron chi connectivity index (χ0n) is 19.6. The lowest BCUT2D eigenvalue weighted by molar-refractivity contribution is 0.0996. The minimum atomic E-state index is -0.854. The third-order valence-corrected chi connectivity index (χ3v) is 6.48. The Kier molecular flexibility index (Phi) is 8.75. The first-order chi connectivity index (χ1) is 16.2. The number of likely N-dealkylation sites (N-methyl/N-ethyl adjacent to an activating group) is 1. The van der Waals surface area contributed by atoms with Crippen LogP contribution in [0.4, 0.5) is 18.6 Å². The number of ether oxygens (including phenoxy) is 1. The van der Waals surface area contributed by atoms with Crippen LogP contribution >= 0.6 is 11.5 Å². The number of urea groups is 1. The van der Waals surface area contributed by atoms with Crippen LogP contribution in [-0.2, 0) is 6.61 Å². The maximum Gasteiger partial charge on any atom is 0.322 e. The van der Waals surface area contributed by atoms with Crippen LogP contribution in [0.5, 0.6) is 5.88 Å². The van der Waals surface area contributed by atoms with Crippen molar-refractivity contribution in [1.29, 1.82) is 0 Å². The third kappa shape index (κ3) is 6.61. The molecule has 186 valence electrons. The number of halogens is 2. The molecule has 9 nitrogen and oxygen atoms in total. The Balaban J connectivity index is 1.56. The summed E-state index contributed by atoms with van der Waals surface area (Å²) in [6.07, 6.45) is 0.812. The molecule has 0 saturated carbocycles. The Hall–Kier alpha value is -2.83. The average molecular weight is 497 g/mol. The van der Waals surface area contributed by atoms with Gasteiger partial charge in [-0.3, -0.25) is 10.1 Å². The molecule has 1 aliphatic heterocycles. The number of hydrogen-bond acceptors (Lipinski definition) is 7. The summed E-state index contributed by atoms with van der Waals surface area (Å²) in [6, 6.07) is 1.68. The van der Waals surface area contributed by atoms with Crippen LogP contribution in [0.1, 0.15) is 27.9 Å². The van der Waals surface area contributed by atoms with E-state index < -0.39 is 23.6 Å². The number of carbonyl (C=O) groups is 2. The van der Waals surface area contributed by atoms with Crippen molar-refractivity contribution in [3.05, 3.63) is 40.5 Å². The topological polar surface area (TPSA) is 104 Å². The summed E-state index contributed by atoms with van der Waals surface area (Å²) in [5.41, 5.74) is 5.49. The van der Waals surface area contributed by atoms with Crippen molar-refractivity contribution in [3.8, 4) is 5.88 Å². The Bertz CT molecular complexity index is 1030. The SMILES string of the molecule is Cc1cc(F)c(COc2nsc(NC(=O)N(C)CCCN3CCN(C)CC3)c2C(N)=O)cc1F. The summed E-state index contributed by atoms with van der Waals surface area (Å²) in [6.45, 7) is 6.62. The number of piperazine rings is 1. The van der Waals surface area contributed by atoms with Gasteiger partial charge in [-0.05, 0) is 56.2 Å². The summed E-state index contributed by atoms with van der Waals surface area (Å²) >= 11 is 0.827. The summed E-state index contributed by atoms with van der Waals surface area (Å²) in [5.74, 6) is -2.21. The van der Waals surface area contributed by atoms with Gasteiger partial charge in [0.25, 0.3) is 5.91 Å². The summed E-state index contributed by atoms with van der Waals surface area (Å²) in [5, 5.41) is 2.77. The number of hydrogen-bond donors (Lipinski definition) is 2. The van der Waals surface area contributed by atoms with Gasteiger partial charge in [-0.1, -0.05) is 0 Å². The van der Waals surface area contributed by atoms with E-state index in [1.54, 1.807) is 7.05 Å². The van der Waals surface area contributed by atoms with Crippen LogP contribution < -0.4 is 15.8 Å². The second-order valence-electron chi connectivity index (χ2n) is 8.39. The summed E-state index contributed by atoms with van der Waals surface area (Å²) < 4.78 is 37.3. The first kappa shape index (κ1) is 25.8. The molecule has 2 aromatic rings. The van der Waals surface area contributed by atoms with Crippen molar-refractivity contribution in [3.63, 3.8) is 0 Å². The molecule has 0 unspecified atom stereocenters. The van der Waals surface area contributed by atoms with E-state index in [0.29, 0.717) is 6.54 Å². The maximum absolute atomic E-state index is 14.1. The van der Waals surface area contributed by atoms with E-state index in [0.717, 1.165) is 62.8 Å². The first-order valence-corrected chi connectivity index (χ1v) is 11.7. The van der Waals surface area contributed by atoms with Crippen molar-refractivity contribution >= 4 is 28.5 Å². The molecule has 2 heterocycles. The van der Waals surface area contributed by atoms with E-state index in [9.17, 15) is 18.4 Å². The molecule has 1 saturated heterocycles. The lowest BCUT2D eigenvalue weighted by atomic mass is 10.1. The van der Waals surface area contributed by atoms with Crippen LogP contribution in [0.25, 0.3) is 0 Å². The number of amides is 3. The molecule has 3 rings (SSSR count). The number of nitrogens with zero attached hydrogens (tertiary/aromatic N) is 4. The van der Waals surface area contributed by atoms with Gasteiger partial charge in [0.2, 0.25) is 5.88 Å². The molecule has 1 aromatic heterocycles. The predicted molar refractivity (Wildman–Crippen MR) is 126 cm³/mol. The van der Waals surface area contributed by atoms with E-state index >= 15 is 0 Å². The number of nitrogens with one attached hydrogen (secondary N) is 1. The van der Waals surface area contributed by atoms with Crippen LogP contribution in [0.2, 0.25) is 0 Å². The van der Waals surface area contributed by atoms with Gasteiger partial charge in [-0.25, -0.2) is 13.6 Å². The van der Waals surface area contributed by atoms with Gasteiger partial charge in [0, 0.05) is 45.3 Å². The highest BCUT2D eigenvalue weighted by molar-refractivity contribution is 7.11. The number of rotatable bonds is 9. The predicted octanol–water partition coefficient (Wildman–Crippen LogP) is 2.51. The Morgan fingerprint density at radius 2 is 1.94 bits per heavy atom. The minimum absolute atomic E-state index is 0.0304. The standard InChI is InChI=1S/C22H30F2N6O3S/c1-14-11-17(24)15(12-16(14)23)13-33-20-18(19(25)31)21(34-27-20)26-22(32)29(3)5-4-6-30-9-7-28(2)8-10-30/h11-12H,4-10,13H2,1-3H3,(H2,25,31)(H,26,32). The number of carbonyl (C=O) groups excluding carboxylic acids is 2. The van der Waals surface area contributed by atoms with E-state index in [4.69, 9.17) is 10.5 Å². The molecule has 1 aliphatic rings. The van der Waals surface area contributed by atoms with Gasteiger partial charge in [0.1, 0.15) is 28.8 Å². The van der Waals surface area contributed by atoms with E-state index in [1.165, 1.54) is 11.8 Å². The van der Waals surface area contributed by atoms with Gasteiger partial charge in [0.15, 0.2) is 0 Å². The molecule has 0 radical (unpaired) electrons. The van der Waals surface area contributed by atoms with Crippen LogP contribution in [0.15, 0.2) is 12.1 Å². The molecule has 3 amide bonds. The Morgan fingerprint density at radius 1 is 1.24 bits per heavy atom. The smallest absolute Gasteiger partial charge is 0.322 e. The summed E-state index contributed by atoms with van der Waals surface area (Å²) in [7, 11) is 3.77. The number of benzene rings is 1. The molecule has 1 fully saturated rings. The van der Waals surface area contributed by atoms with Gasteiger partial charge < -0.3 is 25.2 Å². The number of aromatic nitrogens is 1. The van der Waals surface area contributed by atoms with Crippen molar-refractivity contribution in [2.75, 3.05) is 58.7 Å². The largest absolute Gasteiger partial charge is 0.471 e. The minimum Gasteiger partial charge on any atom is -0.471 e. The molecule has 0 bridgehead atoms. The highest BCUT2D eigenvalue weighted by Gasteiger charge is 2.23. The highest BCUT2D eigenvalue weighted by atomic mass is 32.1. The number of nitrogens with two attached hydrogens (primary N) is 1. The molecule has 0 atom stereocenters. The molecule has 0 aliphatic carbocycles. The molecule has 12 heteroatoms. The maximum atomic E-state index is 14.1. The van der Waals surface area contributed by atoms with E-state index in [1.807, 2.05) is 0 Å². The highest BCUT2D eigenvalue weighted by Crippen LogP contribution is 2.31. The average Bonchev–Trinajstić information content (AvgIpc) is 3.19. The fraction of sp³-hybridized carbons (Fsp3) is 0.500. The van der Waals surface area contributed by atoms with Crippen LogP contribution in [0, 0.1) is 18.6 Å². The zero-order valence-corrected chi connectivity index (χ0v) is 20.4. The van der Waals surface area contributed by atoms with Gasteiger partial charge in [0.05, 0.1) is 0 Å². The van der Waals surface area contributed by atoms with Crippen LogP contribution in [0.3, 0.4) is 0 Å². The second kappa shape index (κ2) is 11.5. The lowest BCUT2D eigenvalue weighted by Crippen LogP contribution is -2.45. The molecule has 0 spiro atoms. The first-order valence-electron chi connectivity index (χ1n) is 11.0. The van der Waals surface area contributed by atoms with E-state index in [-0.39, 0.29) is 34.2 Å². The lowest BCUT2D eigenvalue weighted by Gasteiger charge is -2.32. The number of primary amides is 1. The van der Waals surface area contributed by atoms with Gasteiger partial charge >= 0.3 is 6.03 Å². The Morgan fingerprint density at radius 3 is 2.62 bits per heavy atom. The number of anilines is 1. The van der Waals surface area contributed by atoms with Crippen molar-refractivity contribution in [1.82, 2.24) is 19.1 Å².